The molecule has 6 nitrogen and oxygen atoms in total. The lowest BCUT2D eigenvalue weighted by molar-refractivity contribution is -0.137. The minimum Gasteiger partial charge on any atom is -0.480 e. The van der Waals surface area contributed by atoms with Gasteiger partial charge in [0.15, 0.2) is 5.78 Å². The van der Waals surface area contributed by atoms with Gasteiger partial charge >= 0.3 is 5.97 Å². The number of rotatable bonds is 7. The third kappa shape index (κ3) is 4.65. The summed E-state index contributed by atoms with van der Waals surface area (Å²) in [6.07, 6.45) is 7.51. The smallest absolute Gasteiger partial charge is 0.323 e. The van der Waals surface area contributed by atoms with Crippen molar-refractivity contribution in [3.63, 3.8) is 0 Å². The van der Waals surface area contributed by atoms with Crippen molar-refractivity contribution in [2.24, 2.45) is 5.92 Å². The maximum atomic E-state index is 14.6. The van der Waals surface area contributed by atoms with Crippen LogP contribution >= 0.6 is 12.6 Å². The predicted octanol–water partition coefficient (Wildman–Crippen LogP) is 3.21. The number of likely N-dealkylation sites (tertiary alicyclic amines) is 1. The molecule has 1 aliphatic heterocycles. The van der Waals surface area contributed by atoms with Crippen LogP contribution in [0.4, 0.5) is 4.39 Å². The average Bonchev–Trinajstić information content (AvgIpc) is 3.47. The normalized spacial score (nSPS) is 22.2. The second-order valence-corrected chi connectivity index (χ2v) is 8.58. The van der Waals surface area contributed by atoms with Gasteiger partial charge in [0.2, 0.25) is 0 Å². The van der Waals surface area contributed by atoms with E-state index >= 15 is 0 Å². The summed E-state index contributed by atoms with van der Waals surface area (Å²) in [5, 5.41) is 8.93. The van der Waals surface area contributed by atoms with Crippen molar-refractivity contribution in [2.75, 3.05) is 13.1 Å². The van der Waals surface area contributed by atoms with E-state index in [1.165, 1.54) is 17.0 Å². The van der Waals surface area contributed by atoms with E-state index in [-0.39, 0.29) is 29.3 Å². The lowest BCUT2D eigenvalue weighted by Crippen LogP contribution is -2.42. The summed E-state index contributed by atoms with van der Waals surface area (Å²) in [6, 6.07) is 5.90. The zero-order valence-corrected chi connectivity index (χ0v) is 17.3. The first-order chi connectivity index (χ1) is 14.4. The molecule has 1 aromatic carbocycles. The summed E-state index contributed by atoms with van der Waals surface area (Å²) < 4.78 is 16.1. The highest BCUT2D eigenvalue weighted by molar-refractivity contribution is 7.81. The van der Waals surface area contributed by atoms with Gasteiger partial charge in [-0.1, -0.05) is 18.2 Å². The van der Waals surface area contributed by atoms with Gasteiger partial charge in [-0.2, -0.15) is 12.6 Å². The summed E-state index contributed by atoms with van der Waals surface area (Å²) in [5.41, 5.74) is 2.05. The topological polar surface area (TPSA) is 75.4 Å². The van der Waals surface area contributed by atoms with E-state index in [1.54, 1.807) is 24.4 Å². The van der Waals surface area contributed by atoms with E-state index < -0.39 is 12.0 Å². The Hall–Kier alpha value is -2.45. The summed E-state index contributed by atoms with van der Waals surface area (Å²) in [5.74, 6) is -1.19. The number of carbonyl (C=O) groups is 2. The molecule has 2 atom stereocenters. The Morgan fingerprint density at radius 1 is 1.30 bits per heavy atom. The van der Waals surface area contributed by atoms with Crippen LogP contribution in [0.3, 0.4) is 0 Å². The molecule has 1 aliphatic carbocycles. The highest BCUT2D eigenvalue weighted by Crippen LogP contribution is 2.39. The number of nitrogens with zero attached hydrogens (tertiary/aromatic N) is 3. The lowest BCUT2D eigenvalue weighted by atomic mass is 9.93. The Kier molecular flexibility index (Phi) is 6.06. The van der Waals surface area contributed by atoms with Crippen molar-refractivity contribution >= 4 is 30.5 Å². The second-order valence-electron chi connectivity index (χ2n) is 7.96. The van der Waals surface area contributed by atoms with Crippen LogP contribution in [0.1, 0.15) is 36.6 Å². The predicted molar refractivity (Wildman–Crippen MR) is 114 cm³/mol. The average molecular weight is 430 g/mol. The lowest BCUT2D eigenvalue weighted by Gasteiger charge is -2.37. The molecule has 1 saturated heterocycles. The van der Waals surface area contributed by atoms with Crippen LogP contribution < -0.4 is 0 Å². The third-order valence-electron chi connectivity index (χ3n) is 5.62. The van der Waals surface area contributed by atoms with Crippen LogP contribution in [0.25, 0.3) is 6.08 Å². The van der Waals surface area contributed by atoms with Gasteiger partial charge in [-0.25, -0.2) is 9.37 Å². The molecule has 1 aromatic heterocycles. The monoisotopic (exact) mass is 429 g/mol. The van der Waals surface area contributed by atoms with Crippen LogP contribution in [0, 0.1) is 11.7 Å². The number of hydrogen-bond donors (Lipinski definition) is 2. The van der Waals surface area contributed by atoms with Gasteiger partial charge in [0.25, 0.3) is 0 Å². The zero-order chi connectivity index (χ0) is 21.3. The minimum atomic E-state index is -0.936. The van der Waals surface area contributed by atoms with Crippen LogP contribution in [0.15, 0.2) is 42.4 Å². The maximum absolute atomic E-state index is 14.6. The van der Waals surface area contributed by atoms with E-state index in [4.69, 9.17) is 5.11 Å². The molecular formula is C22H24FN3O3S. The molecule has 0 bridgehead atoms. The first-order valence-corrected chi connectivity index (χ1v) is 10.6. The van der Waals surface area contributed by atoms with Crippen LogP contribution in [0.2, 0.25) is 0 Å². The molecule has 8 heteroatoms. The largest absolute Gasteiger partial charge is 0.480 e. The molecule has 4 rings (SSSR count). The highest BCUT2D eigenvalue weighted by Gasteiger charge is 2.40. The molecule has 1 saturated carbocycles. The fourth-order valence-electron chi connectivity index (χ4n) is 3.96. The van der Waals surface area contributed by atoms with Gasteiger partial charge in [0.1, 0.15) is 12.4 Å². The standard InChI is InChI=1S/C22H24FN3O3S/c23-18-4-2-1-3-17(18)21(22(29)14-5-6-14)26-8-7-19(30)15(10-26)9-16-11-25(13-24-16)12-20(27)28/h1-4,9,11,13-14,19,21,30H,5-8,10,12H2,(H,27,28). The third-order valence-corrected chi connectivity index (χ3v) is 6.21. The second kappa shape index (κ2) is 8.73. The Labute approximate surface area is 179 Å². The zero-order valence-electron chi connectivity index (χ0n) is 16.4. The van der Waals surface area contributed by atoms with Crippen molar-refractivity contribution in [2.45, 2.75) is 37.1 Å². The van der Waals surface area contributed by atoms with E-state index in [9.17, 15) is 14.0 Å². The van der Waals surface area contributed by atoms with Crippen molar-refractivity contribution in [3.8, 4) is 0 Å². The van der Waals surface area contributed by atoms with Crippen LogP contribution in [0.5, 0.6) is 0 Å². The highest BCUT2D eigenvalue weighted by atomic mass is 32.1. The summed E-state index contributed by atoms with van der Waals surface area (Å²) >= 11 is 4.69. The van der Waals surface area contributed by atoms with E-state index in [0.717, 1.165) is 24.8 Å². The number of Topliss-reactive ketones (excluding diaryl/α,β-unsaturated/α-hetero) is 1. The van der Waals surface area contributed by atoms with Gasteiger partial charge in [-0.3, -0.25) is 14.5 Å². The Bertz CT molecular complexity index is 986. The van der Waals surface area contributed by atoms with Crippen molar-refractivity contribution in [3.05, 3.63) is 59.4 Å². The van der Waals surface area contributed by atoms with E-state index in [0.29, 0.717) is 24.3 Å². The van der Waals surface area contributed by atoms with Gasteiger partial charge in [0, 0.05) is 36.0 Å². The number of hydrogen-bond acceptors (Lipinski definition) is 5. The number of halogens is 1. The Morgan fingerprint density at radius 3 is 2.77 bits per heavy atom. The summed E-state index contributed by atoms with van der Waals surface area (Å²) in [7, 11) is 0. The molecule has 2 fully saturated rings. The van der Waals surface area contributed by atoms with Crippen LogP contribution in [-0.4, -0.2) is 49.6 Å². The van der Waals surface area contributed by atoms with Crippen molar-refractivity contribution < 1.29 is 19.1 Å². The molecule has 0 spiro atoms. The van der Waals surface area contributed by atoms with Crippen molar-refractivity contribution in [1.29, 1.82) is 0 Å². The number of carboxylic acid groups (broad SMARTS) is 1. The number of aliphatic carboxylic acids is 1. The SMILES string of the molecule is O=C(O)Cn1cnc(C=C2CN(C(C(=O)C3CC3)c3ccccc3F)CCC2S)c1. The molecule has 2 heterocycles. The minimum absolute atomic E-state index is 0.00294. The van der Waals surface area contributed by atoms with Gasteiger partial charge < -0.3 is 9.67 Å². The number of ketones is 1. The quantitative estimate of drug-likeness (QED) is 0.661. The number of piperidine rings is 1. The fourth-order valence-corrected chi connectivity index (χ4v) is 4.23. The fraction of sp³-hybridized carbons (Fsp3) is 0.409. The number of benzene rings is 1. The molecule has 1 N–H and O–H groups in total. The molecule has 0 amide bonds. The molecular weight excluding hydrogens is 405 g/mol. The number of carboxylic acids is 1. The van der Waals surface area contributed by atoms with Crippen molar-refractivity contribution in [1.82, 2.24) is 14.5 Å². The summed E-state index contributed by atoms with van der Waals surface area (Å²) in [4.78, 5) is 30.3. The number of aromatic nitrogens is 2. The Balaban J connectivity index is 1.60. The molecule has 2 aromatic rings. The Morgan fingerprint density at radius 2 is 2.07 bits per heavy atom. The first-order valence-electron chi connectivity index (χ1n) is 10.1. The molecule has 30 heavy (non-hydrogen) atoms. The first kappa shape index (κ1) is 20.8. The summed E-state index contributed by atoms with van der Waals surface area (Å²) in [6.45, 7) is 0.978. The van der Waals surface area contributed by atoms with Crippen LogP contribution in [-0.2, 0) is 16.1 Å². The van der Waals surface area contributed by atoms with E-state index in [2.05, 4.69) is 17.6 Å². The van der Waals surface area contributed by atoms with Gasteiger partial charge in [-0.15, -0.1) is 0 Å². The van der Waals surface area contributed by atoms with Gasteiger partial charge in [0.05, 0.1) is 18.1 Å². The molecule has 2 unspecified atom stereocenters. The number of thiol groups is 1. The maximum Gasteiger partial charge on any atom is 0.323 e. The molecule has 158 valence electrons. The molecule has 0 radical (unpaired) electrons. The van der Waals surface area contributed by atoms with E-state index in [1.807, 2.05) is 11.0 Å². The number of carbonyl (C=O) groups excluding carboxylic acids is 1. The number of imidazole rings is 1. The van der Waals surface area contributed by atoms with Gasteiger partial charge in [-0.05, 0) is 37.0 Å². The molecule has 2 aliphatic rings.